The largest absolute Gasteiger partial charge is 0.372 e. The fourth-order valence-corrected chi connectivity index (χ4v) is 2.07. The number of carbonyl (C=O) groups is 1. The summed E-state index contributed by atoms with van der Waals surface area (Å²) in [4.78, 5) is 14.9. The predicted octanol–water partition coefficient (Wildman–Crippen LogP) is 1.97. The zero-order valence-electron chi connectivity index (χ0n) is 9.90. The average Bonchev–Trinajstić information content (AvgIpc) is 3.05. The molecule has 92 valence electrons. The maximum absolute atomic E-state index is 12.0. The number of hydrogen-bond acceptors (Lipinski definition) is 2. The van der Waals surface area contributed by atoms with Gasteiger partial charge < -0.3 is 15.0 Å². The Bertz CT molecular complexity index is 561. The average molecular weight is 242 g/mol. The Hall–Kier alpha value is -2.07. The molecule has 0 radical (unpaired) electrons. The molecule has 4 heteroatoms. The Kier molecular flexibility index (Phi) is 2.86. The Morgan fingerprint density at radius 3 is 3.00 bits per heavy atom. The maximum Gasteiger partial charge on any atom is 0.251 e. The van der Waals surface area contributed by atoms with Crippen molar-refractivity contribution < 1.29 is 9.53 Å². The Morgan fingerprint density at radius 1 is 1.28 bits per heavy atom. The number of amides is 1. The summed E-state index contributed by atoms with van der Waals surface area (Å²) in [6.07, 6.45) is 3.71. The fraction of sp³-hybridized carbons (Fsp3) is 0.214. The van der Waals surface area contributed by atoms with Gasteiger partial charge in [-0.3, -0.25) is 4.79 Å². The second-order valence-electron chi connectivity index (χ2n) is 4.38. The van der Waals surface area contributed by atoms with Crippen molar-refractivity contribution in [2.45, 2.75) is 19.8 Å². The monoisotopic (exact) mass is 242 g/mol. The molecule has 0 bridgehead atoms. The first-order valence-corrected chi connectivity index (χ1v) is 5.92. The van der Waals surface area contributed by atoms with E-state index in [1.54, 1.807) is 0 Å². The van der Waals surface area contributed by atoms with Gasteiger partial charge >= 0.3 is 0 Å². The minimum absolute atomic E-state index is 0.0501. The van der Waals surface area contributed by atoms with Crippen LogP contribution in [-0.2, 0) is 24.5 Å². The summed E-state index contributed by atoms with van der Waals surface area (Å²) in [5.41, 5.74) is 4.05. The number of fused-ring (bicyclic) bond motifs is 1. The highest BCUT2D eigenvalue weighted by atomic mass is 16.5. The first-order chi connectivity index (χ1) is 8.83. The van der Waals surface area contributed by atoms with Gasteiger partial charge in [-0.15, -0.1) is 0 Å². The van der Waals surface area contributed by atoms with Gasteiger partial charge in [-0.05, 0) is 34.9 Å². The first-order valence-electron chi connectivity index (χ1n) is 5.92. The van der Waals surface area contributed by atoms with Crippen LogP contribution in [0.1, 0.15) is 27.0 Å². The predicted molar refractivity (Wildman–Crippen MR) is 66.9 cm³/mol. The standard InChI is InChI=1S/C14H14N2O2/c17-14(16-7-10-3-4-15-6-10)11-1-2-12-8-18-9-13(12)5-11/h1-6,15H,7-9H2,(H,16,17). The minimum Gasteiger partial charge on any atom is -0.372 e. The van der Waals surface area contributed by atoms with Gasteiger partial charge in [0.25, 0.3) is 5.91 Å². The number of ether oxygens (including phenoxy) is 1. The van der Waals surface area contributed by atoms with Crippen molar-refractivity contribution in [2.75, 3.05) is 0 Å². The van der Waals surface area contributed by atoms with Gasteiger partial charge in [-0.1, -0.05) is 6.07 Å². The number of hydrogen-bond donors (Lipinski definition) is 2. The molecule has 1 aromatic heterocycles. The topological polar surface area (TPSA) is 54.1 Å². The molecule has 0 fully saturated rings. The SMILES string of the molecule is O=C(NCc1cc[nH]c1)c1ccc2c(c1)COC2. The van der Waals surface area contributed by atoms with Gasteiger partial charge in [0.1, 0.15) is 0 Å². The summed E-state index contributed by atoms with van der Waals surface area (Å²) in [5, 5.41) is 2.89. The Balaban J connectivity index is 1.69. The molecule has 18 heavy (non-hydrogen) atoms. The third-order valence-electron chi connectivity index (χ3n) is 3.10. The van der Waals surface area contributed by atoms with E-state index in [1.807, 2.05) is 36.7 Å². The summed E-state index contributed by atoms with van der Waals surface area (Å²) in [5.74, 6) is -0.0501. The van der Waals surface area contributed by atoms with Gasteiger partial charge in [-0.25, -0.2) is 0 Å². The molecule has 4 nitrogen and oxygen atoms in total. The molecule has 0 aliphatic carbocycles. The van der Waals surface area contributed by atoms with Crippen molar-refractivity contribution >= 4 is 5.91 Å². The zero-order valence-corrected chi connectivity index (χ0v) is 9.90. The second-order valence-corrected chi connectivity index (χ2v) is 4.38. The van der Waals surface area contributed by atoms with Crippen LogP contribution >= 0.6 is 0 Å². The normalized spacial score (nSPS) is 13.3. The molecule has 2 heterocycles. The van der Waals surface area contributed by atoms with E-state index >= 15 is 0 Å². The smallest absolute Gasteiger partial charge is 0.251 e. The molecule has 0 spiro atoms. The summed E-state index contributed by atoms with van der Waals surface area (Å²) in [6, 6.07) is 7.67. The Labute approximate surface area is 105 Å². The van der Waals surface area contributed by atoms with E-state index in [2.05, 4.69) is 10.3 Å². The molecule has 0 unspecified atom stereocenters. The molecule has 2 N–H and O–H groups in total. The molecule has 0 atom stereocenters. The van der Waals surface area contributed by atoms with Crippen LogP contribution in [0, 0.1) is 0 Å². The van der Waals surface area contributed by atoms with Crippen molar-refractivity contribution in [3.05, 3.63) is 58.9 Å². The Morgan fingerprint density at radius 2 is 2.17 bits per heavy atom. The lowest BCUT2D eigenvalue weighted by Gasteiger charge is -2.05. The van der Waals surface area contributed by atoms with Crippen molar-refractivity contribution in [1.29, 1.82) is 0 Å². The van der Waals surface area contributed by atoms with Crippen LogP contribution in [0.15, 0.2) is 36.7 Å². The first kappa shape index (κ1) is 11.0. The molecular formula is C14H14N2O2. The van der Waals surface area contributed by atoms with E-state index in [0.29, 0.717) is 25.3 Å². The third kappa shape index (κ3) is 2.15. The van der Waals surface area contributed by atoms with Gasteiger partial charge in [-0.2, -0.15) is 0 Å². The van der Waals surface area contributed by atoms with Crippen molar-refractivity contribution in [3.63, 3.8) is 0 Å². The maximum atomic E-state index is 12.0. The molecule has 0 saturated carbocycles. The van der Waals surface area contributed by atoms with Gasteiger partial charge in [0.2, 0.25) is 0 Å². The molecule has 2 aromatic rings. The molecule has 1 aliphatic heterocycles. The van der Waals surface area contributed by atoms with Crippen LogP contribution in [0.4, 0.5) is 0 Å². The number of benzene rings is 1. The third-order valence-corrected chi connectivity index (χ3v) is 3.10. The lowest BCUT2D eigenvalue weighted by Crippen LogP contribution is -2.22. The van der Waals surface area contributed by atoms with E-state index in [4.69, 9.17) is 4.74 Å². The number of aromatic amines is 1. The van der Waals surface area contributed by atoms with E-state index in [0.717, 1.165) is 11.1 Å². The quantitative estimate of drug-likeness (QED) is 0.864. The number of rotatable bonds is 3. The lowest BCUT2D eigenvalue weighted by molar-refractivity contribution is 0.0950. The summed E-state index contributed by atoms with van der Waals surface area (Å²) < 4.78 is 5.33. The van der Waals surface area contributed by atoms with Crippen LogP contribution in [0.3, 0.4) is 0 Å². The van der Waals surface area contributed by atoms with Crippen molar-refractivity contribution in [1.82, 2.24) is 10.3 Å². The lowest BCUT2D eigenvalue weighted by atomic mass is 10.1. The molecule has 1 aliphatic rings. The highest BCUT2D eigenvalue weighted by Gasteiger charge is 2.14. The van der Waals surface area contributed by atoms with E-state index in [-0.39, 0.29) is 5.91 Å². The number of aromatic nitrogens is 1. The van der Waals surface area contributed by atoms with Gasteiger partial charge in [0.05, 0.1) is 13.2 Å². The van der Waals surface area contributed by atoms with Gasteiger partial charge in [0.15, 0.2) is 0 Å². The van der Waals surface area contributed by atoms with E-state index in [9.17, 15) is 4.79 Å². The zero-order chi connectivity index (χ0) is 12.4. The summed E-state index contributed by atoms with van der Waals surface area (Å²) >= 11 is 0. The molecular weight excluding hydrogens is 228 g/mol. The van der Waals surface area contributed by atoms with Crippen molar-refractivity contribution in [2.24, 2.45) is 0 Å². The van der Waals surface area contributed by atoms with Crippen LogP contribution < -0.4 is 5.32 Å². The fourth-order valence-electron chi connectivity index (χ4n) is 2.07. The van der Waals surface area contributed by atoms with Crippen LogP contribution in [0.5, 0.6) is 0 Å². The highest BCUT2D eigenvalue weighted by Crippen LogP contribution is 2.20. The molecule has 0 saturated heterocycles. The number of carbonyl (C=O) groups excluding carboxylic acids is 1. The minimum atomic E-state index is -0.0501. The summed E-state index contributed by atoms with van der Waals surface area (Å²) in [6.45, 7) is 1.80. The molecule has 1 amide bonds. The summed E-state index contributed by atoms with van der Waals surface area (Å²) in [7, 11) is 0. The highest BCUT2D eigenvalue weighted by molar-refractivity contribution is 5.94. The van der Waals surface area contributed by atoms with Crippen LogP contribution in [0.25, 0.3) is 0 Å². The van der Waals surface area contributed by atoms with Crippen LogP contribution in [-0.4, -0.2) is 10.9 Å². The second kappa shape index (κ2) is 4.66. The molecule has 1 aromatic carbocycles. The number of nitrogens with one attached hydrogen (secondary N) is 2. The molecule has 3 rings (SSSR count). The van der Waals surface area contributed by atoms with Gasteiger partial charge in [0, 0.05) is 24.5 Å². The van der Waals surface area contributed by atoms with E-state index in [1.165, 1.54) is 5.56 Å². The van der Waals surface area contributed by atoms with E-state index < -0.39 is 0 Å². The van der Waals surface area contributed by atoms with Crippen LogP contribution in [0.2, 0.25) is 0 Å². The number of H-pyrrole nitrogens is 1. The van der Waals surface area contributed by atoms with Crippen molar-refractivity contribution in [3.8, 4) is 0 Å².